The van der Waals surface area contributed by atoms with E-state index in [2.05, 4.69) is 24.2 Å². The molecule has 0 spiro atoms. The molecule has 0 aliphatic carbocycles. The van der Waals surface area contributed by atoms with Gasteiger partial charge in [-0.2, -0.15) is 0 Å². The van der Waals surface area contributed by atoms with Gasteiger partial charge in [-0.1, -0.05) is 65.3 Å². The molecule has 3 heteroatoms. The molecule has 1 aliphatic rings. The Labute approximate surface area is 118 Å². The molecule has 1 heterocycles. The van der Waals surface area contributed by atoms with Crippen LogP contribution in [0.4, 0.5) is 0 Å². The fourth-order valence-corrected chi connectivity index (χ4v) is 2.45. The minimum atomic E-state index is -0.749. The summed E-state index contributed by atoms with van der Waals surface area (Å²) < 4.78 is 0. The topological polar surface area (TPSA) is 41.8 Å². The van der Waals surface area contributed by atoms with Crippen LogP contribution in [0.25, 0.3) is 0 Å². The van der Waals surface area contributed by atoms with E-state index in [0.29, 0.717) is 6.42 Å². The molecule has 1 unspecified atom stereocenters. The van der Waals surface area contributed by atoms with Gasteiger partial charge in [-0.3, -0.25) is 0 Å². The van der Waals surface area contributed by atoms with Gasteiger partial charge in [0.15, 0.2) is 5.60 Å². The largest absolute Gasteiger partial charge is 0.392 e. The lowest BCUT2D eigenvalue weighted by Crippen LogP contribution is -2.30. The van der Waals surface area contributed by atoms with Crippen LogP contribution in [0.1, 0.15) is 23.1 Å². The number of hydrogen-bond donors (Lipinski definition) is 1. The maximum atomic E-state index is 9.78. The van der Waals surface area contributed by atoms with Crippen molar-refractivity contribution < 1.29 is 9.94 Å². The Kier molecular flexibility index (Phi) is 3.28. The van der Waals surface area contributed by atoms with Gasteiger partial charge >= 0.3 is 0 Å². The van der Waals surface area contributed by atoms with Crippen LogP contribution in [0.3, 0.4) is 0 Å². The Hall–Kier alpha value is -2.13. The van der Waals surface area contributed by atoms with Crippen molar-refractivity contribution in [3.05, 3.63) is 71.3 Å². The number of oxime groups is 1. The first-order chi connectivity index (χ1) is 9.73. The highest BCUT2D eigenvalue weighted by molar-refractivity contribution is 6.01. The molecule has 0 aromatic heterocycles. The molecule has 1 aliphatic heterocycles. The van der Waals surface area contributed by atoms with Crippen LogP contribution in [-0.4, -0.2) is 17.4 Å². The Morgan fingerprint density at radius 3 is 2.45 bits per heavy atom. The first kappa shape index (κ1) is 12.9. The second-order valence-electron chi connectivity index (χ2n) is 5.19. The van der Waals surface area contributed by atoms with E-state index in [-0.39, 0.29) is 6.61 Å². The number of nitrogens with zero attached hydrogens (tertiary/aromatic N) is 1. The van der Waals surface area contributed by atoms with Crippen molar-refractivity contribution in [1.82, 2.24) is 0 Å². The molecular formula is C17H17NO2. The molecule has 3 nitrogen and oxygen atoms in total. The summed E-state index contributed by atoms with van der Waals surface area (Å²) >= 11 is 0. The monoisotopic (exact) mass is 267 g/mol. The molecule has 0 bridgehead atoms. The van der Waals surface area contributed by atoms with Crippen LogP contribution in [0, 0.1) is 6.92 Å². The molecule has 0 fully saturated rings. The summed E-state index contributed by atoms with van der Waals surface area (Å²) in [5.74, 6) is 0. The number of rotatable bonds is 3. The summed E-state index contributed by atoms with van der Waals surface area (Å²) in [5, 5.41) is 14.0. The van der Waals surface area contributed by atoms with E-state index in [9.17, 15) is 5.11 Å². The number of aliphatic hydroxyl groups excluding tert-OH is 1. The van der Waals surface area contributed by atoms with E-state index in [1.165, 1.54) is 5.56 Å². The van der Waals surface area contributed by atoms with Crippen LogP contribution in [-0.2, 0) is 10.4 Å². The van der Waals surface area contributed by atoms with Crippen molar-refractivity contribution in [3.8, 4) is 0 Å². The van der Waals surface area contributed by atoms with Crippen molar-refractivity contribution >= 4 is 5.71 Å². The third-order valence-electron chi connectivity index (χ3n) is 3.72. The fraction of sp³-hybridized carbons (Fsp3) is 0.235. The van der Waals surface area contributed by atoms with Gasteiger partial charge in [0.2, 0.25) is 0 Å². The summed E-state index contributed by atoms with van der Waals surface area (Å²) in [6, 6.07) is 17.9. The lowest BCUT2D eigenvalue weighted by Gasteiger charge is -2.24. The van der Waals surface area contributed by atoms with E-state index in [0.717, 1.165) is 16.8 Å². The Balaban J connectivity index is 1.88. The summed E-state index contributed by atoms with van der Waals surface area (Å²) in [6.45, 7) is 1.97. The minimum Gasteiger partial charge on any atom is -0.392 e. The number of aliphatic hydroxyl groups is 1. The van der Waals surface area contributed by atoms with E-state index in [1.807, 2.05) is 42.5 Å². The van der Waals surface area contributed by atoms with E-state index in [4.69, 9.17) is 4.84 Å². The third kappa shape index (κ3) is 2.21. The molecule has 102 valence electrons. The number of hydrogen-bond acceptors (Lipinski definition) is 3. The second kappa shape index (κ2) is 5.10. The number of aryl methyl sites for hydroxylation is 1. The average molecular weight is 267 g/mol. The summed E-state index contributed by atoms with van der Waals surface area (Å²) in [7, 11) is 0. The van der Waals surface area contributed by atoms with Crippen LogP contribution < -0.4 is 0 Å². The fourth-order valence-electron chi connectivity index (χ4n) is 2.45. The Morgan fingerprint density at radius 2 is 1.80 bits per heavy atom. The van der Waals surface area contributed by atoms with Gasteiger partial charge < -0.3 is 9.94 Å². The van der Waals surface area contributed by atoms with Gasteiger partial charge in [-0.25, -0.2) is 0 Å². The molecular weight excluding hydrogens is 250 g/mol. The molecule has 0 amide bonds. The Morgan fingerprint density at radius 1 is 1.10 bits per heavy atom. The molecule has 1 N–H and O–H groups in total. The van der Waals surface area contributed by atoms with Crippen LogP contribution in [0.5, 0.6) is 0 Å². The summed E-state index contributed by atoms with van der Waals surface area (Å²) in [4.78, 5) is 5.61. The molecule has 0 saturated carbocycles. The summed E-state index contributed by atoms with van der Waals surface area (Å²) in [5.41, 5.74) is 3.34. The minimum absolute atomic E-state index is 0.0874. The zero-order chi connectivity index (χ0) is 14.0. The van der Waals surface area contributed by atoms with Crippen LogP contribution in [0.15, 0.2) is 59.8 Å². The Bertz CT molecular complexity index is 619. The summed E-state index contributed by atoms with van der Waals surface area (Å²) in [6.07, 6.45) is 0.580. The van der Waals surface area contributed by atoms with Crippen molar-refractivity contribution in [3.63, 3.8) is 0 Å². The lowest BCUT2D eigenvalue weighted by atomic mass is 9.88. The van der Waals surface area contributed by atoms with Gasteiger partial charge in [0.1, 0.15) is 0 Å². The second-order valence-corrected chi connectivity index (χ2v) is 5.19. The van der Waals surface area contributed by atoms with Gasteiger partial charge in [0, 0.05) is 12.0 Å². The molecule has 1 atom stereocenters. The predicted octanol–water partition coefficient (Wildman–Crippen LogP) is 3.01. The molecule has 0 radical (unpaired) electrons. The zero-order valence-corrected chi connectivity index (χ0v) is 11.4. The molecule has 2 aromatic rings. The highest BCUT2D eigenvalue weighted by Gasteiger charge is 2.40. The highest BCUT2D eigenvalue weighted by atomic mass is 16.7. The normalized spacial score (nSPS) is 21.4. The molecule has 2 aromatic carbocycles. The number of benzene rings is 2. The standard InChI is InChI=1S/C17H17NO2/c1-13-7-9-14(10-8-13)16-11-17(12-19,20-18-16)15-5-3-2-4-6-15/h2-10,19H,11-12H2,1H3. The van der Waals surface area contributed by atoms with Crippen molar-refractivity contribution in [2.45, 2.75) is 18.9 Å². The van der Waals surface area contributed by atoms with Gasteiger partial charge in [0.05, 0.1) is 12.3 Å². The highest BCUT2D eigenvalue weighted by Crippen LogP contribution is 2.35. The predicted molar refractivity (Wildman–Crippen MR) is 78.6 cm³/mol. The first-order valence-corrected chi connectivity index (χ1v) is 6.72. The van der Waals surface area contributed by atoms with Crippen molar-refractivity contribution in [1.29, 1.82) is 0 Å². The van der Waals surface area contributed by atoms with E-state index < -0.39 is 5.60 Å². The van der Waals surface area contributed by atoms with Gasteiger partial charge in [-0.15, -0.1) is 0 Å². The maximum absolute atomic E-state index is 9.78. The van der Waals surface area contributed by atoms with Gasteiger partial charge in [-0.05, 0) is 12.5 Å². The quantitative estimate of drug-likeness (QED) is 0.928. The van der Waals surface area contributed by atoms with Crippen molar-refractivity contribution in [2.24, 2.45) is 5.16 Å². The maximum Gasteiger partial charge on any atom is 0.191 e. The SMILES string of the molecule is Cc1ccc(C2=NOC(CO)(c3ccccc3)C2)cc1. The van der Waals surface area contributed by atoms with Crippen molar-refractivity contribution in [2.75, 3.05) is 6.61 Å². The molecule has 3 rings (SSSR count). The van der Waals surface area contributed by atoms with Crippen LogP contribution in [0.2, 0.25) is 0 Å². The van der Waals surface area contributed by atoms with Gasteiger partial charge in [0.25, 0.3) is 0 Å². The van der Waals surface area contributed by atoms with E-state index >= 15 is 0 Å². The van der Waals surface area contributed by atoms with Crippen LogP contribution >= 0.6 is 0 Å². The lowest BCUT2D eigenvalue weighted by molar-refractivity contribution is -0.0620. The zero-order valence-electron chi connectivity index (χ0n) is 11.4. The van der Waals surface area contributed by atoms with E-state index in [1.54, 1.807) is 0 Å². The molecule has 20 heavy (non-hydrogen) atoms. The first-order valence-electron chi connectivity index (χ1n) is 6.72. The smallest absolute Gasteiger partial charge is 0.191 e. The molecule has 0 saturated heterocycles. The third-order valence-corrected chi connectivity index (χ3v) is 3.72. The average Bonchev–Trinajstić information content (AvgIpc) is 2.95.